The van der Waals surface area contributed by atoms with Crippen LogP contribution in [-0.4, -0.2) is 51.5 Å². The fourth-order valence-corrected chi connectivity index (χ4v) is 6.36. The summed E-state index contributed by atoms with van der Waals surface area (Å²) in [4.78, 5) is 13.0. The molecule has 1 N–H and O–H groups in total. The zero-order chi connectivity index (χ0) is 22.4. The number of hydrogen-bond donors (Lipinski definition) is 1. The van der Waals surface area contributed by atoms with E-state index in [1.807, 2.05) is 48.5 Å². The second kappa shape index (κ2) is 10.1. The minimum absolute atomic E-state index is 0.00632. The van der Waals surface area contributed by atoms with Crippen molar-refractivity contribution in [2.24, 2.45) is 5.92 Å². The lowest BCUT2D eigenvalue weighted by molar-refractivity contribution is -0.126. The maximum Gasteiger partial charge on any atom is 0.223 e. The summed E-state index contributed by atoms with van der Waals surface area (Å²) < 4.78 is 32.7. The molecule has 6 nitrogen and oxygen atoms in total. The lowest BCUT2D eigenvalue weighted by Crippen LogP contribution is -2.48. The van der Waals surface area contributed by atoms with E-state index < -0.39 is 10.0 Å². The van der Waals surface area contributed by atoms with E-state index in [2.05, 4.69) is 17.4 Å². The van der Waals surface area contributed by atoms with E-state index in [1.54, 1.807) is 0 Å². The summed E-state index contributed by atoms with van der Waals surface area (Å²) >= 11 is 0. The number of carbonyl (C=O) groups excluding carboxylic acids is 1. The van der Waals surface area contributed by atoms with Crippen LogP contribution in [0.4, 0.5) is 0 Å². The second-order valence-electron chi connectivity index (χ2n) is 8.89. The molecule has 0 aromatic heterocycles. The van der Waals surface area contributed by atoms with E-state index in [9.17, 15) is 13.2 Å². The van der Waals surface area contributed by atoms with E-state index in [0.29, 0.717) is 45.7 Å². The van der Waals surface area contributed by atoms with Gasteiger partial charge in [0, 0.05) is 44.2 Å². The van der Waals surface area contributed by atoms with Gasteiger partial charge in [0.15, 0.2) is 0 Å². The van der Waals surface area contributed by atoms with Gasteiger partial charge in [0.2, 0.25) is 15.9 Å². The Morgan fingerprint density at radius 2 is 1.56 bits per heavy atom. The van der Waals surface area contributed by atoms with E-state index in [1.165, 1.54) is 9.87 Å². The fraction of sp³-hybridized carbons (Fsp3) is 0.480. The van der Waals surface area contributed by atoms with Crippen LogP contribution >= 0.6 is 0 Å². The maximum atomic E-state index is 13.0. The molecule has 0 saturated carbocycles. The molecule has 0 radical (unpaired) electrons. The van der Waals surface area contributed by atoms with Crippen molar-refractivity contribution in [3.63, 3.8) is 0 Å². The van der Waals surface area contributed by atoms with Crippen molar-refractivity contribution in [3.05, 3.63) is 71.8 Å². The summed E-state index contributed by atoms with van der Waals surface area (Å²) in [6.45, 7) is 2.77. The van der Waals surface area contributed by atoms with E-state index >= 15 is 0 Å². The summed E-state index contributed by atoms with van der Waals surface area (Å²) in [5.74, 6) is -0.107. The van der Waals surface area contributed by atoms with E-state index in [-0.39, 0.29) is 23.0 Å². The van der Waals surface area contributed by atoms with Gasteiger partial charge in [0.25, 0.3) is 0 Å². The summed E-state index contributed by atoms with van der Waals surface area (Å²) in [5, 5.41) is 3.19. The number of amides is 1. The predicted octanol–water partition coefficient (Wildman–Crippen LogP) is 3.09. The van der Waals surface area contributed by atoms with Crippen molar-refractivity contribution in [3.8, 4) is 0 Å². The second-order valence-corrected chi connectivity index (χ2v) is 10.9. The highest BCUT2D eigenvalue weighted by atomic mass is 32.2. The number of rotatable bonds is 7. The first-order valence-electron chi connectivity index (χ1n) is 11.4. The van der Waals surface area contributed by atoms with Crippen LogP contribution in [0.2, 0.25) is 0 Å². The molecule has 1 amide bonds. The van der Waals surface area contributed by atoms with Gasteiger partial charge in [-0.1, -0.05) is 60.7 Å². The van der Waals surface area contributed by atoms with Crippen LogP contribution in [-0.2, 0) is 30.7 Å². The molecule has 2 aromatic rings. The van der Waals surface area contributed by atoms with Crippen LogP contribution in [0.1, 0.15) is 36.8 Å². The van der Waals surface area contributed by atoms with Crippen molar-refractivity contribution >= 4 is 15.9 Å². The van der Waals surface area contributed by atoms with Gasteiger partial charge in [-0.15, -0.1) is 0 Å². The quantitative estimate of drug-likeness (QED) is 0.695. The number of piperidine rings is 1. The zero-order valence-electron chi connectivity index (χ0n) is 18.4. The summed E-state index contributed by atoms with van der Waals surface area (Å²) in [7, 11) is -3.37. The lowest BCUT2D eigenvalue weighted by Gasteiger charge is -2.38. The van der Waals surface area contributed by atoms with Crippen molar-refractivity contribution in [1.29, 1.82) is 0 Å². The molecule has 7 heteroatoms. The Labute approximate surface area is 191 Å². The van der Waals surface area contributed by atoms with Gasteiger partial charge in [-0.2, -0.15) is 0 Å². The van der Waals surface area contributed by atoms with E-state index in [4.69, 9.17) is 4.74 Å². The maximum absolute atomic E-state index is 13.0. The van der Waals surface area contributed by atoms with Gasteiger partial charge in [-0.3, -0.25) is 4.79 Å². The molecule has 0 unspecified atom stereocenters. The fourth-order valence-electron chi connectivity index (χ4n) is 4.79. The number of nitrogens with one attached hydrogen (secondary N) is 1. The zero-order valence-corrected chi connectivity index (χ0v) is 19.2. The molecule has 2 aliphatic heterocycles. The van der Waals surface area contributed by atoms with Crippen LogP contribution in [0.15, 0.2) is 60.7 Å². The summed E-state index contributed by atoms with van der Waals surface area (Å²) in [6, 6.07) is 19.6. The highest BCUT2D eigenvalue weighted by Gasteiger charge is 2.36. The third-order valence-corrected chi connectivity index (χ3v) is 8.70. The molecule has 2 fully saturated rings. The highest BCUT2D eigenvalue weighted by Crippen LogP contribution is 2.34. The molecule has 0 spiro atoms. The van der Waals surface area contributed by atoms with Crippen LogP contribution in [0.25, 0.3) is 0 Å². The van der Waals surface area contributed by atoms with Gasteiger partial charge in [0.1, 0.15) is 0 Å². The SMILES string of the molecule is O=C(NCC1(c2ccccc2)CCOCC1)C1CCN(S(=O)(=O)Cc2ccccc2)CC1. The van der Waals surface area contributed by atoms with E-state index in [0.717, 1.165) is 18.4 Å². The monoisotopic (exact) mass is 456 g/mol. The molecule has 4 rings (SSSR count). The molecule has 2 heterocycles. The molecule has 32 heavy (non-hydrogen) atoms. The van der Waals surface area contributed by atoms with Crippen molar-refractivity contribution in [1.82, 2.24) is 9.62 Å². The Hall–Kier alpha value is -2.22. The minimum Gasteiger partial charge on any atom is -0.381 e. The van der Waals surface area contributed by atoms with Gasteiger partial charge in [-0.25, -0.2) is 12.7 Å². The number of nitrogens with zero attached hydrogens (tertiary/aromatic N) is 1. The van der Waals surface area contributed by atoms with Gasteiger partial charge in [-0.05, 0) is 36.8 Å². The van der Waals surface area contributed by atoms with Gasteiger partial charge >= 0.3 is 0 Å². The van der Waals surface area contributed by atoms with Gasteiger partial charge in [0.05, 0.1) is 5.75 Å². The highest BCUT2D eigenvalue weighted by molar-refractivity contribution is 7.88. The molecule has 0 atom stereocenters. The topological polar surface area (TPSA) is 75.7 Å². The Morgan fingerprint density at radius 1 is 0.969 bits per heavy atom. The van der Waals surface area contributed by atoms with Gasteiger partial charge < -0.3 is 10.1 Å². The number of sulfonamides is 1. The first-order valence-corrected chi connectivity index (χ1v) is 13.0. The lowest BCUT2D eigenvalue weighted by atomic mass is 9.74. The number of hydrogen-bond acceptors (Lipinski definition) is 4. The van der Waals surface area contributed by atoms with Crippen LogP contribution in [0, 0.1) is 5.92 Å². The first-order chi connectivity index (χ1) is 15.5. The smallest absolute Gasteiger partial charge is 0.223 e. The predicted molar refractivity (Wildman–Crippen MR) is 125 cm³/mol. The molecular formula is C25H32N2O4S. The Morgan fingerprint density at radius 3 is 2.19 bits per heavy atom. The molecule has 2 aliphatic rings. The standard InChI is InChI=1S/C25H32N2O4S/c28-24(26-20-25(13-17-31-18-14-25)23-9-5-2-6-10-23)22-11-15-27(16-12-22)32(29,30)19-21-7-3-1-4-8-21/h1-10,22H,11-20H2,(H,26,28). The molecular weight excluding hydrogens is 424 g/mol. The Balaban J connectivity index is 1.32. The van der Waals surface area contributed by atoms with Crippen molar-refractivity contribution in [2.45, 2.75) is 36.9 Å². The van der Waals surface area contributed by atoms with Crippen LogP contribution in [0.3, 0.4) is 0 Å². The third-order valence-electron chi connectivity index (χ3n) is 6.85. The van der Waals surface area contributed by atoms with Crippen LogP contribution < -0.4 is 5.32 Å². The largest absolute Gasteiger partial charge is 0.381 e. The molecule has 0 aliphatic carbocycles. The Bertz CT molecular complexity index is 981. The van der Waals surface area contributed by atoms with Crippen molar-refractivity contribution < 1.29 is 17.9 Å². The summed E-state index contributed by atoms with van der Waals surface area (Å²) in [6.07, 6.45) is 2.88. The molecule has 0 bridgehead atoms. The third kappa shape index (κ3) is 5.39. The van der Waals surface area contributed by atoms with Crippen LogP contribution in [0.5, 0.6) is 0 Å². The number of ether oxygens (including phenoxy) is 1. The van der Waals surface area contributed by atoms with Crippen molar-refractivity contribution in [2.75, 3.05) is 32.8 Å². The normalized spacial score (nSPS) is 20.0. The summed E-state index contributed by atoms with van der Waals surface area (Å²) in [5.41, 5.74) is 1.93. The Kier molecular flexibility index (Phi) is 7.28. The molecule has 2 aromatic carbocycles. The average Bonchev–Trinajstić information content (AvgIpc) is 2.84. The number of benzene rings is 2. The average molecular weight is 457 g/mol. The first kappa shape index (κ1) is 23.0. The molecule has 2 saturated heterocycles. The number of carbonyl (C=O) groups is 1. The molecule has 172 valence electrons. The minimum atomic E-state index is -3.37.